The Kier molecular flexibility index (Phi) is 7.95. The number of hydrogen-bond acceptors (Lipinski definition) is 5. The average molecular weight is 483 g/mol. The minimum absolute atomic E-state index is 0.0553. The second kappa shape index (κ2) is 11.3. The average Bonchev–Trinajstić information content (AvgIpc) is 3.54. The van der Waals surface area contributed by atoms with Crippen molar-refractivity contribution in [1.82, 2.24) is 19.8 Å². The maximum atomic E-state index is 13.2. The van der Waals surface area contributed by atoms with Crippen molar-refractivity contribution in [2.24, 2.45) is 0 Å². The smallest absolute Gasteiger partial charge is 0.331 e. The zero-order valence-electron chi connectivity index (χ0n) is 19.1. The molecule has 2 aromatic heterocycles. The number of nitrogens with one attached hydrogen (secondary N) is 2. The number of fused-ring (bicyclic) bond motifs is 1. The Morgan fingerprint density at radius 1 is 0.971 bits per heavy atom. The quantitative estimate of drug-likeness (QED) is 0.434. The molecule has 9 heteroatoms. The third kappa shape index (κ3) is 5.83. The molecule has 1 fully saturated rings. The molecule has 0 atom stereocenters. The number of carbonyl (C=O) groups is 2. The summed E-state index contributed by atoms with van der Waals surface area (Å²) in [7, 11) is 0. The summed E-state index contributed by atoms with van der Waals surface area (Å²) in [5.74, 6) is -0.271. The maximum Gasteiger partial charge on any atom is 0.331 e. The lowest BCUT2D eigenvalue weighted by molar-refractivity contribution is -0.122. The Hall–Kier alpha value is -3.20. The van der Waals surface area contributed by atoms with Gasteiger partial charge in [-0.1, -0.05) is 31.0 Å². The lowest BCUT2D eigenvalue weighted by Gasteiger charge is -2.16. The van der Waals surface area contributed by atoms with Gasteiger partial charge in [-0.15, -0.1) is 11.3 Å². The lowest BCUT2D eigenvalue weighted by atomic mass is 10.2. The molecule has 2 N–H and O–H groups in total. The molecule has 34 heavy (non-hydrogen) atoms. The van der Waals surface area contributed by atoms with E-state index in [1.54, 1.807) is 35.6 Å². The van der Waals surface area contributed by atoms with Crippen molar-refractivity contribution in [1.29, 1.82) is 0 Å². The third-order valence-electron chi connectivity index (χ3n) is 6.23. The van der Waals surface area contributed by atoms with Crippen molar-refractivity contribution in [2.45, 2.75) is 70.6 Å². The Morgan fingerprint density at radius 3 is 2.53 bits per heavy atom. The van der Waals surface area contributed by atoms with Gasteiger partial charge in [0.1, 0.15) is 6.54 Å². The minimum atomic E-state index is -0.493. The van der Waals surface area contributed by atoms with Gasteiger partial charge in [-0.05, 0) is 49.3 Å². The van der Waals surface area contributed by atoms with Crippen LogP contribution in [-0.2, 0) is 29.2 Å². The Balaban J connectivity index is 1.42. The van der Waals surface area contributed by atoms with Gasteiger partial charge in [-0.3, -0.25) is 23.5 Å². The summed E-state index contributed by atoms with van der Waals surface area (Å²) in [4.78, 5) is 52.0. The predicted octanol–water partition coefficient (Wildman–Crippen LogP) is 2.77. The maximum absolute atomic E-state index is 13.2. The molecule has 0 saturated heterocycles. The molecule has 4 rings (SSSR count). The number of thiophene rings is 1. The Bertz CT molecular complexity index is 1260. The van der Waals surface area contributed by atoms with E-state index < -0.39 is 5.69 Å². The highest BCUT2D eigenvalue weighted by molar-refractivity contribution is 7.09. The fourth-order valence-electron chi connectivity index (χ4n) is 4.45. The molecule has 1 aliphatic rings. The van der Waals surface area contributed by atoms with Crippen LogP contribution in [0.2, 0.25) is 0 Å². The van der Waals surface area contributed by atoms with Gasteiger partial charge < -0.3 is 10.6 Å². The van der Waals surface area contributed by atoms with Gasteiger partial charge in [-0.25, -0.2) is 4.79 Å². The molecule has 1 aromatic carbocycles. The van der Waals surface area contributed by atoms with Crippen molar-refractivity contribution >= 4 is 34.1 Å². The summed E-state index contributed by atoms with van der Waals surface area (Å²) in [6.45, 7) is 0.584. The van der Waals surface area contributed by atoms with Crippen LogP contribution in [0.15, 0.2) is 51.4 Å². The van der Waals surface area contributed by atoms with Gasteiger partial charge in [-0.2, -0.15) is 0 Å². The lowest BCUT2D eigenvalue weighted by Crippen LogP contribution is -2.43. The highest BCUT2D eigenvalue weighted by atomic mass is 32.1. The van der Waals surface area contributed by atoms with E-state index in [0.717, 1.165) is 30.6 Å². The topological polar surface area (TPSA) is 102 Å². The van der Waals surface area contributed by atoms with E-state index >= 15 is 0 Å². The molecule has 0 spiro atoms. The summed E-state index contributed by atoms with van der Waals surface area (Å²) >= 11 is 1.59. The summed E-state index contributed by atoms with van der Waals surface area (Å²) in [5, 5.41) is 8.27. The summed E-state index contributed by atoms with van der Waals surface area (Å²) in [5.41, 5.74) is -0.397. The van der Waals surface area contributed by atoms with E-state index in [1.807, 2.05) is 17.5 Å². The van der Waals surface area contributed by atoms with E-state index in [9.17, 15) is 19.2 Å². The van der Waals surface area contributed by atoms with Crippen LogP contribution in [0.5, 0.6) is 0 Å². The van der Waals surface area contributed by atoms with Crippen molar-refractivity contribution in [3.8, 4) is 0 Å². The highest BCUT2D eigenvalue weighted by Crippen LogP contribution is 2.17. The largest absolute Gasteiger partial charge is 0.352 e. The van der Waals surface area contributed by atoms with Crippen molar-refractivity contribution in [2.75, 3.05) is 0 Å². The molecular formula is C25H30N4O4S. The number of benzene rings is 1. The number of aromatic nitrogens is 2. The predicted molar refractivity (Wildman–Crippen MR) is 133 cm³/mol. The first kappa shape index (κ1) is 23.9. The molecule has 2 heterocycles. The summed E-state index contributed by atoms with van der Waals surface area (Å²) < 4.78 is 2.57. The fourth-order valence-corrected chi connectivity index (χ4v) is 5.10. The van der Waals surface area contributed by atoms with E-state index in [4.69, 9.17) is 0 Å². The van der Waals surface area contributed by atoms with Gasteiger partial charge in [0.2, 0.25) is 11.8 Å². The normalized spacial score (nSPS) is 13.9. The van der Waals surface area contributed by atoms with Gasteiger partial charge in [0.25, 0.3) is 5.56 Å². The second-order valence-electron chi connectivity index (χ2n) is 8.70. The molecule has 3 aromatic rings. The van der Waals surface area contributed by atoms with Crippen molar-refractivity contribution in [3.63, 3.8) is 0 Å². The molecule has 180 valence electrons. The van der Waals surface area contributed by atoms with Gasteiger partial charge >= 0.3 is 5.69 Å². The van der Waals surface area contributed by atoms with Gasteiger partial charge in [0, 0.05) is 23.9 Å². The molecule has 1 aliphatic carbocycles. The first-order chi connectivity index (χ1) is 16.5. The number of unbranched alkanes of at least 4 members (excludes halogenated alkanes) is 1. The first-order valence-corrected chi connectivity index (χ1v) is 12.7. The number of rotatable bonds is 10. The molecular weight excluding hydrogens is 452 g/mol. The van der Waals surface area contributed by atoms with Crippen LogP contribution in [-0.4, -0.2) is 27.0 Å². The number of para-hydroxylation sites is 1. The number of amides is 2. The number of carbonyl (C=O) groups excluding carboxylic acids is 2. The molecule has 2 amide bonds. The van der Waals surface area contributed by atoms with Crippen LogP contribution in [0.3, 0.4) is 0 Å². The zero-order valence-corrected chi connectivity index (χ0v) is 19.9. The van der Waals surface area contributed by atoms with Crippen LogP contribution in [0.1, 0.15) is 49.8 Å². The Morgan fingerprint density at radius 2 is 1.76 bits per heavy atom. The van der Waals surface area contributed by atoms with Crippen LogP contribution in [0, 0.1) is 0 Å². The SMILES string of the molecule is O=C(CCCCn1c(=O)c2ccccc2n(CC(=O)NC2CCCC2)c1=O)NCc1cccs1. The highest BCUT2D eigenvalue weighted by Gasteiger charge is 2.19. The van der Waals surface area contributed by atoms with Crippen LogP contribution < -0.4 is 21.9 Å². The van der Waals surface area contributed by atoms with Crippen molar-refractivity contribution in [3.05, 3.63) is 67.5 Å². The summed E-state index contributed by atoms with van der Waals surface area (Å²) in [6, 6.07) is 11.0. The zero-order chi connectivity index (χ0) is 23.9. The summed E-state index contributed by atoms with van der Waals surface area (Å²) in [6.07, 6.45) is 5.51. The van der Waals surface area contributed by atoms with Gasteiger partial charge in [0.15, 0.2) is 0 Å². The van der Waals surface area contributed by atoms with Crippen LogP contribution in [0.25, 0.3) is 10.9 Å². The van der Waals surface area contributed by atoms with Crippen LogP contribution in [0.4, 0.5) is 0 Å². The molecule has 0 radical (unpaired) electrons. The van der Waals surface area contributed by atoms with E-state index in [2.05, 4.69) is 10.6 Å². The van der Waals surface area contributed by atoms with E-state index in [1.165, 1.54) is 9.13 Å². The fraction of sp³-hybridized carbons (Fsp3) is 0.440. The van der Waals surface area contributed by atoms with Crippen LogP contribution >= 0.6 is 11.3 Å². The minimum Gasteiger partial charge on any atom is -0.352 e. The molecule has 0 aliphatic heterocycles. The van der Waals surface area contributed by atoms with Crippen molar-refractivity contribution < 1.29 is 9.59 Å². The standard InChI is InChI=1S/C25H30N4O4S/c30-22(26-16-19-10-7-15-34-19)13-5-6-14-28-24(32)20-11-3-4-12-21(20)29(25(28)33)17-23(31)27-18-8-1-2-9-18/h3-4,7,10-12,15,18H,1-2,5-6,8-9,13-14,16-17H2,(H,26,30)(H,27,31). The second-order valence-corrected chi connectivity index (χ2v) is 9.74. The molecule has 0 unspecified atom stereocenters. The third-order valence-corrected chi connectivity index (χ3v) is 7.11. The molecule has 0 bridgehead atoms. The van der Waals surface area contributed by atoms with E-state index in [0.29, 0.717) is 36.7 Å². The van der Waals surface area contributed by atoms with E-state index in [-0.39, 0.29) is 36.5 Å². The number of nitrogens with zero attached hydrogens (tertiary/aromatic N) is 2. The molecule has 8 nitrogen and oxygen atoms in total. The number of hydrogen-bond donors (Lipinski definition) is 2. The molecule has 1 saturated carbocycles. The Labute approximate surface area is 201 Å². The monoisotopic (exact) mass is 482 g/mol. The van der Waals surface area contributed by atoms with Gasteiger partial charge in [0.05, 0.1) is 17.4 Å². The first-order valence-electron chi connectivity index (χ1n) is 11.8.